The lowest BCUT2D eigenvalue weighted by atomic mass is 10.0. The summed E-state index contributed by atoms with van der Waals surface area (Å²) in [5.41, 5.74) is 1.53. The van der Waals surface area contributed by atoms with Crippen LogP contribution in [0, 0.1) is 5.82 Å². The van der Waals surface area contributed by atoms with Crippen LogP contribution in [0.5, 0.6) is 0 Å². The highest BCUT2D eigenvalue weighted by atomic mass is 32.1. The summed E-state index contributed by atoms with van der Waals surface area (Å²) in [7, 11) is 0. The van der Waals surface area contributed by atoms with Crippen LogP contribution in [0.3, 0.4) is 0 Å². The van der Waals surface area contributed by atoms with Crippen LogP contribution in [0.4, 0.5) is 4.39 Å². The maximum Gasteiger partial charge on any atom is 0.270 e. The summed E-state index contributed by atoms with van der Waals surface area (Å²) in [5.74, 6) is 0.326. The molecule has 3 aromatic rings. The number of thiazole rings is 1. The highest BCUT2D eigenvalue weighted by molar-refractivity contribution is 7.13. The Bertz CT molecular complexity index is 884. The van der Waals surface area contributed by atoms with Crippen LogP contribution in [-0.2, 0) is 6.54 Å². The van der Waals surface area contributed by atoms with Crippen molar-refractivity contribution in [1.29, 1.82) is 0 Å². The summed E-state index contributed by atoms with van der Waals surface area (Å²) in [5, 5.41) is 5.55. The van der Waals surface area contributed by atoms with Crippen LogP contribution in [0.25, 0.3) is 10.8 Å². The molecule has 1 fully saturated rings. The molecule has 140 valence electrons. The Kier molecular flexibility index (Phi) is 5.31. The second-order valence-corrected chi connectivity index (χ2v) is 7.52. The molecular formula is C20H20FN3O2S. The number of halogens is 1. The molecule has 0 spiro atoms. The van der Waals surface area contributed by atoms with E-state index in [0.29, 0.717) is 16.5 Å². The number of hydrogen-bond acceptors (Lipinski definition) is 5. The number of nitrogens with zero attached hydrogens (tertiary/aromatic N) is 2. The Hall–Kier alpha value is -2.51. The zero-order valence-corrected chi connectivity index (χ0v) is 15.5. The predicted octanol–water partition coefficient (Wildman–Crippen LogP) is 3.94. The molecule has 0 saturated carbocycles. The summed E-state index contributed by atoms with van der Waals surface area (Å²) in [4.78, 5) is 19.1. The monoisotopic (exact) mass is 385 g/mol. The van der Waals surface area contributed by atoms with Crippen molar-refractivity contribution in [3.05, 3.63) is 65.1 Å². The molecule has 2 aromatic heterocycles. The summed E-state index contributed by atoms with van der Waals surface area (Å²) >= 11 is 1.40. The van der Waals surface area contributed by atoms with Crippen molar-refractivity contribution in [3.8, 4) is 10.8 Å². The molecule has 0 unspecified atom stereocenters. The lowest BCUT2D eigenvalue weighted by Crippen LogP contribution is -2.44. The first-order valence-corrected chi connectivity index (χ1v) is 9.82. The third-order valence-corrected chi connectivity index (χ3v) is 5.57. The molecule has 27 heavy (non-hydrogen) atoms. The lowest BCUT2D eigenvalue weighted by molar-refractivity contribution is 0.0904. The molecule has 1 aliphatic rings. The van der Waals surface area contributed by atoms with Crippen LogP contribution < -0.4 is 5.32 Å². The smallest absolute Gasteiger partial charge is 0.270 e. The maximum absolute atomic E-state index is 13.0. The number of likely N-dealkylation sites (tertiary alicyclic amines) is 1. The van der Waals surface area contributed by atoms with Crippen LogP contribution in [-0.4, -0.2) is 34.9 Å². The van der Waals surface area contributed by atoms with E-state index >= 15 is 0 Å². The fourth-order valence-electron chi connectivity index (χ4n) is 3.23. The third-order valence-electron chi connectivity index (χ3n) is 4.71. The van der Waals surface area contributed by atoms with Gasteiger partial charge in [0.1, 0.15) is 11.5 Å². The largest absolute Gasteiger partial charge is 0.462 e. The van der Waals surface area contributed by atoms with Gasteiger partial charge in [-0.25, -0.2) is 9.37 Å². The third kappa shape index (κ3) is 4.43. The molecule has 0 atom stereocenters. The van der Waals surface area contributed by atoms with E-state index in [4.69, 9.17) is 4.42 Å². The number of furan rings is 1. The molecule has 1 amide bonds. The van der Waals surface area contributed by atoms with E-state index in [1.807, 2.05) is 18.2 Å². The van der Waals surface area contributed by atoms with Crippen molar-refractivity contribution in [1.82, 2.24) is 15.2 Å². The molecule has 0 bridgehead atoms. The molecule has 1 aromatic carbocycles. The van der Waals surface area contributed by atoms with Gasteiger partial charge in [-0.15, -0.1) is 11.3 Å². The zero-order chi connectivity index (χ0) is 18.6. The number of hydrogen-bond donors (Lipinski definition) is 1. The van der Waals surface area contributed by atoms with Gasteiger partial charge in [0.2, 0.25) is 0 Å². The molecule has 7 heteroatoms. The average Bonchev–Trinajstić information content (AvgIpc) is 3.36. The second-order valence-electron chi connectivity index (χ2n) is 6.67. The Morgan fingerprint density at radius 3 is 2.74 bits per heavy atom. The van der Waals surface area contributed by atoms with Crippen molar-refractivity contribution in [2.24, 2.45) is 0 Å². The molecule has 0 aliphatic carbocycles. The van der Waals surface area contributed by atoms with Crippen LogP contribution in [0.15, 0.2) is 52.5 Å². The Morgan fingerprint density at radius 2 is 2.04 bits per heavy atom. The van der Waals surface area contributed by atoms with Gasteiger partial charge in [0.05, 0.1) is 6.26 Å². The molecule has 1 aliphatic heterocycles. The normalized spacial score (nSPS) is 15.7. The topological polar surface area (TPSA) is 58.4 Å². The van der Waals surface area contributed by atoms with E-state index in [-0.39, 0.29) is 17.8 Å². The minimum absolute atomic E-state index is 0.138. The average molecular weight is 385 g/mol. The van der Waals surface area contributed by atoms with Crippen molar-refractivity contribution in [3.63, 3.8) is 0 Å². The first-order chi connectivity index (χ1) is 13.2. The summed E-state index contributed by atoms with van der Waals surface area (Å²) < 4.78 is 18.3. The van der Waals surface area contributed by atoms with E-state index in [0.717, 1.165) is 38.0 Å². The van der Waals surface area contributed by atoms with Crippen molar-refractivity contribution in [2.45, 2.75) is 25.4 Å². The quantitative estimate of drug-likeness (QED) is 0.723. The van der Waals surface area contributed by atoms with Gasteiger partial charge in [-0.05, 0) is 42.7 Å². The number of amides is 1. The number of carbonyl (C=O) groups is 1. The van der Waals surface area contributed by atoms with E-state index in [1.165, 1.54) is 23.5 Å². The number of aromatic nitrogens is 1. The molecule has 1 saturated heterocycles. The molecule has 4 rings (SSSR count). The van der Waals surface area contributed by atoms with E-state index in [1.54, 1.807) is 17.7 Å². The van der Waals surface area contributed by atoms with Gasteiger partial charge >= 0.3 is 0 Å². The molecule has 5 nitrogen and oxygen atoms in total. The summed E-state index contributed by atoms with van der Waals surface area (Å²) in [6.45, 7) is 2.60. The zero-order valence-electron chi connectivity index (χ0n) is 14.7. The molecular weight excluding hydrogens is 365 g/mol. The standard InChI is InChI=1S/C20H20FN3O2S/c21-15-5-3-14(4-6-15)12-24-9-7-16(8-10-24)22-19(25)17-13-27-20(23-17)18-2-1-11-26-18/h1-6,11,13,16H,7-10,12H2,(H,22,25). The van der Waals surface area contributed by atoms with Crippen molar-refractivity contribution < 1.29 is 13.6 Å². The predicted molar refractivity (Wildman–Crippen MR) is 102 cm³/mol. The van der Waals surface area contributed by atoms with Crippen molar-refractivity contribution >= 4 is 17.2 Å². The molecule has 1 N–H and O–H groups in total. The van der Waals surface area contributed by atoms with Crippen LogP contribution >= 0.6 is 11.3 Å². The SMILES string of the molecule is O=C(NC1CCN(Cc2ccc(F)cc2)CC1)c1csc(-c2ccco2)n1. The fourth-order valence-corrected chi connectivity index (χ4v) is 4.00. The number of carbonyl (C=O) groups excluding carboxylic acids is 1. The highest BCUT2D eigenvalue weighted by Gasteiger charge is 2.22. The van der Waals surface area contributed by atoms with Gasteiger partial charge in [-0.3, -0.25) is 9.69 Å². The highest BCUT2D eigenvalue weighted by Crippen LogP contribution is 2.24. The van der Waals surface area contributed by atoms with Gasteiger partial charge in [-0.2, -0.15) is 0 Å². The second kappa shape index (κ2) is 8.02. The number of rotatable bonds is 5. The van der Waals surface area contributed by atoms with Gasteiger partial charge < -0.3 is 9.73 Å². The van der Waals surface area contributed by atoms with Crippen LogP contribution in [0.1, 0.15) is 28.9 Å². The van der Waals surface area contributed by atoms with Gasteiger partial charge in [0.25, 0.3) is 5.91 Å². The summed E-state index contributed by atoms with van der Waals surface area (Å²) in [6, 6.07) is 10.4. The lowest BCUT2D eigenvalue weighted by Gasteiger charge is -2.32. The van der Waals surface area contributed by atoms with Gasteiger partial charge in [-0.1, -0.05) is 12.1 Å². The Morgan fingerprint density at radius 1 is 1.26 bits per heavy atom. The number of piperidine rings is 1. The van der Waals surface area contributed by atoms with E-state index in [9.17, 15) is 9.18 Å². The summed E-state index contributed by atoms with van der Waals surface area (Å²) in [6.07, 6.45) is 3.38. The Labute approximate surface area is 160 Å². The Balaban J connectivity index is 1.27. The van der Waals surface area contributed by atoms with Gasteiger partial charge in [0.15, 0.2) is 10.8 Å². The van der Waals surface area contributed by atoms with Gasteiger partial charge in [0, 0.05) is 31.1 Å². The fraction of sp³-hybridized carbons (Fsp3) is 0.300. The first kappa shape index (κ1) is 17.9. The molecule has 3 heterocycles. The van der Waals surface area contributed by atoms with E-state index in [2.05, 4.69) is 15.2 Å². The number of nitrogens with one attached hydrogen (secondary N) is 1. The van der Waals surface area contributed by atoms with Crippen molar-refractivity contribution in [2.75, 3.05) is 13.1 Å². The first-order valence-electron chi connectivity index (χ1n) is 8.94. The minimum Gasteiger partial charge on any atom is -0.462 e. The van der Waals surface area contributed by atoms with Crippen LogP contribution in [0.2, 0.25) is 0 Å². The molecule has 0 radical (unpaired) electrons. The maximum atomic E-state index is 13.0. The number of benzene rings is 1. The van der Waals surface area contributed by atoms with E-state index < -0.39 is 0 Å². The minimum atomic E-state index is -0.211.